The molecule has 0 fully saturated rings. The van der Waals surface area contributed by atoms with Crippen molar-refractivity contribution >= 4 is 28.8 Å². The van der Waals surface area contributed by atoms with Crippen molar-refractivity contribution in [1.29, 1.82) is 0 Å². The third-order valence-corrected chi connectivity index (χ3v) is 4.48. The van der Waals surface area contributed by atoms with Gasteiger partial charge in [-0.3, -0.25) is 4.99 Å². The number of hydrogen-bond acceptors (Lipinski definition) is 2. The van der Waals surface area contributed by atoms with Crippen molar-refractivity contribution in [2.24, 2.45) is 4.99 Å². The molecule has 0 aromatic heterocycles. The lowest BCUT2D eigenvalue weighted by atomic mass is 9.90. The van der Waals surface area contributed by atoms with Gasteiger partial charge in [-0.1, -0.05) is 48.6 Å². The number of anilines is 2. The summed E-state index contributed by atoms with van der Waals surface area (Å²) in [7, 11) is 0. The number of benzene rings is 2. The van der Waals surface area contributed by atoms with E-state index in [0.29, 0.717) is 0 Å². The van der Waals surface area contributed by atoms with Gasteiger partial charge in [-0.05, 0) is 35.8 Å². The summed E-state index contributed by atoms with van der Waals surface area (Å²) in [6.07, 6.45) is 9.72. The van der Waals surface area contributed by atoms with Crippen LogP contribution >= 0.6 is 0 Å². The van der Waals surface area contributed by atoms with Crippen LogP contribution in [-0.2, 0) is 0 Å². The first-order chi connectivity index (χ1) is 10.9. The number of aliphatic imine (C=N–C) groups is 1. The maximum absolute atomic E-state index is 4.66. The van der Waals surface area contributed by atoms with E-state index in [9.17, 15) is 0 Å². The van der Waals surface area contributed by atoms with Gasteiger partial charge in [0, 0.05) is 5.56 Å². The fourth-order valence-corrected chi connectivity index (χ4v) is 3.42. The zero-order valence-corrected chi connectivity index (χ0v) is 12.0. The molecule has 6 rings (SSSR count). The molecule has 0 atom stereocenters. The maximum atomic E-state index is 4.66. The van der Waals surface area contributed by atoms with Gasteiger partial charge >= 0.3 is 0 Å². The molecule has 4 aliphatic rings. The van der Waals surface area contributed by atoms with Crippen molar-refractivity contribution in [2.75, 3.05) is 4.90 Å². The molecule has 0 N–H and O–H groups in total. The highest BCUT2D eigenvalue weighted by Crippen LogP contribution is 2.46. The molecule has 22 heavy (non-hydrogen) atoms. The molecule has 1 aliphatic carbocycles. The summed E-state index contributed by atoms with van der Waals surface area (Å²) in [6, 6.07) is 17.0. The molecular formula is C20H14N2. The molecule has 0 saturated heterocycles. The molecule has 0 spiro atoms. The Balaban J connectivity index is 1.90. The molecule has 2 heteroatoms. The van der Waals surface area contributed by atoms with Crippen molar-refractivity contribution in [3.8, 4) is 0 Å². The number of allylic oxidation sites excluding steroid dienone is 6. The molecule has 104 valence electrons. The molecule has 0 radical (unpaired) electrons. The average Bonchev–Trinajstić information content (AvgIpc) is 2.59. The largest absolute Gasteiger partial charge is 0.306 e. The highest BCUT2D eigenvalue weighted by Gasteiger charge is 2.27. The molecular weight excluding hydrogens is 268 g/mol. The predicted octanol–water partition coefficient (Wildman–Crippen LogP) is 5.15. The molecule has 2 bridgehead atoms. The summed E-state index contributed by atoms with van der Waals surface area (Å²) >= 11 is 0. The van der Waals surface area contributed by atoms with Crippen LogP contribution in [0.3, 0.4) is 0 Å². The molecule has 3 aliphatic heterocycles. The second-order valence-electron chi connectivity index (χ2n) is 5.71. The minimum absolute atomic E-state index is 0.959. The summed E-state index contributed by atoms with van der Waals surface area (Å²) in [5.41, 5.74) is 8.48. The summed E-state index contributed by atoms with van der Waals surface area (Å²) in [5.74, 6) is 0. The quantitative estimate of drug-likeness (QED) is 0.652. The Hall–Kier alpha value is -2.87. The molecule has 0 amide bonds. The standard InChI is InChI=1S/C20H14N2/c1-3-7-18-16(5-1)14-9-11-15(12-10-14)20-13-21-17-6-2-4-8-19(17)22(18)20/h1-11,13H,12H2. The van der Waals surface area contributed by atoms with Crippen molar-refractivity contribution in [3.63, 3.8) is 0 Å². The van der Waals surface area contributed by atoms with E-state index in [0.717, 1.165) is 17.8 Å². The number of nitrogens with zero attached hydrogens (tertiary/aromatic N) is 2. The van der Waals surface area contributed by atoms with Crippen LogP contribution in [0.5, 0.6) is 0 Å². The number of hydrogen-bond donors (Lipinski definition) is 0. The van der Waals surface area contributed by atoms with Crippen molar-refractivity contribution < 1.29 is 0 Å². The lowest BCUT2D eigenvalue weighted by molar-refractivity contribution is 1.12. The molecule has 0 saturated carbocycles. The van der Waals surface area contributed by atoms with Crippen LogP contribution in [0.4, 0.5) is 17.1 Å². The molecule has 2 aromatic rings. The zero-order chi connectivity index (χ0) is 14.5. The van der Waals surface area contributed by atoms with Gasteiger partial charge in [0.1, 0.15) is 0 Å². The van der Waals surface area contributed by atoms with Gasteiger partial charge in [-0.2, -0.15) is 0 Å². The van der Waals surface area contributed by atoms with Crippen molar-refractivity contribution in [1.82, 2.24) is 0 Å². The topological polar surface area (TPSA) is 15.6 Å². The van der Waals surface area contributed by atoms with Gasteiger partial charge in [-0.15, -0.1) is 0 Å². The van der Waals surface area contributed by atoms with E-state index < -0.39 is 0 Å². The lowest BCUT2D eigenvalue weighted by Crippen LogP contribution is -2.24. The van der Waals surface area contributed by atoms with E-state index in [1.807, 2.05) is 12.3 Å². The van der Waals surface area contributed by atoms with E-state index in [1.54, 1.807) is 0 Å². The van der Waals surface area contributed by atoms with Gasteiger partial charge < -0.3 is 4.90 Å². The Labute approximate surface area is 129 Å². The molecule has 2 nitrogen and oxygen atoms in total. The van der Waals surface area contributed by atoms with Crippen LogP contribution in [0.1, 0.15) is 12.0 Å². The fraction of sp³-hybridized carbons (Fsp3) is 0.0500. The number of rotatable bonds is 0. The van der Waals surface area contributed by atoms with Crippen LogP contribution in [0.2, 0.25) is 0 Å². The van der Waals surface area contributed by atoms with Crippen molar-refractivity contribution in [3.05, 3.63) is 83.6 Å². The zero-order valence-electron chi connectivity index (χ0n) is 12.0. The van der Waals surface area contributed by atoms with Crippen LogP contribution in [0.15, 0.2) is 83.0 Å². The first-order valence-corrected chi connectivity index (χ1v) is 7.56. The van der Waals surface area contributed by atoms with Crippen LogP contribution in [-0.4, -0.2) is 6.21 Å². The van der Waals surface area contributed by atoms with Crippen LogP contribution in [0, 0.1) is 0 Å². The van der Waals surface area contributed by atoms with E-state index in [-0.39, 0.29) is 0 Å². The second-order valence-corrected chi connectivity index (χ2v) is 5.71. The Morgan fingerprint density at radius 2 is 1.68 bits per heavy atom. The number of fused-ring (bicyclic) bond motifs is 2. The molecule has 2 aromatic carbocycles. The van der Waals surface area contributed by atoms with E-state index in [4.69, 9.17) is 0 Å². The van der Waals surface area contributed by atoms with Gasteiger partial charge in [0.25, 0.3) is 0 Å². The summed E-state index contributed by atoms with van der Waals surface area (Å²) < 4.78 is 0. The normalized spacial score (nSPS) is 17.5. The van der Waals surface area contributed by atoms with Gasteiger partial charge in [0.05, 0.1) is 29.0 Å². The molecule has 3 heterocycles. The van der Waals surface area contributed by atoms with Gasteiger partial charge in [0.15, 0.2) is 0 Å². The predicted molar refractivity (Wildman–Crippen MR) is 91.9 cm³/mol. The first-order valence-electron chi connectivity index (χ1n) is 7.56. The van der Waals surface area contributed by atoms with Crippen molar-refractivity contribution in [2.45, 2.75) is 6.42 Å². The Morgan fingerprint density at radius 3 is 2.55 bits per heavy atom. The number of para-hydroxylation sites is 3. The maximum Gasteiger partial charge on any atom is 0.0871 e. The smallest absolute Gasteiger partial charge is 0.0871 e. The minimum atomic E-state index is 0.959. The van der Waals surface area contributed by atoms with Gasteiger partial charge in [-0.25, -0.2) is 0 Å². The summed E-state index contributed by atoms with van der Waals surface area (Å²) in [6.45, 7) is 0. The Bertz CT molecular complexity index is 913. The third-order valence-electron chi connectivity index (χ3n) is 4.48. The molecule has 0 unspecified atom stereocenters. The summed E-state index contributed by atoms with van der Waals surface area (Å²) in [4.78, 5) is 7.01. The minimum Gasteiger partial charge on any atom is -0.306 e. The second kappa shape index (κ2) is 4.31. The van der Waals surface area contributed by atoms with Crippen LogP contribution < -0.4 is 4.90 Å². The van der Waals surface area contributed by atoms with E-state index >= 15 is 0 Å². The first kappa shape index (κ1) is 11.8. The highest BCUT2D eigenvalue weighted by atomic mass is 15.2. The Kier molecular flexibility index (Phi) is 2.30. The fourth-order valence-electron chi connectivity index (χ4n) is 3.42. The summed E-state index contributed by atoms with van der Waals surface area (Å²) in [5, 5.41) is 0. The third kappa shape index (κ3) is 1.52. The monoisotopic (exact) mass is 282 g/mol. The van der Waals surface area contributed by atoms with E-state index in [1.165, 1.54) is 28.1 Å². The van der Waals surface area contributed by atoms with Gasteiger partial charge in [0.2, 0.25) is 0 Å². The highest BCUT2D eigenvalue weighted by molar-refractivity contribution is 6.02. The SMILES string of the molecule is C1=CC2=C3C=Nc4ccccc4N3c3ccccc3C1=CC2. The van der Waals surface area contributed by atoms with E-state index in [2.05, 4.69) is 70.6 Å². The lowest BCUT2D eigenvalue weighted by Gasteiger charge is -2.35. The average molecular weight is 282 g/mol. The van der Waals surface area contributed by atoms with Crippen LogP contribution in [0.25, 0.3) is 5.57 Å². The Morgan fingerprint density at radius 1 is 0.864 bits per heavy atom.